The van der Waals surface area contributed by atoms with Crippen molar-refractivity contribution in [2.75, 3.05) is 19.5 Å². The van der Waals surface area contributed by atoms with Gasteiger partial charge in [-0.1, -0.05) is 36.0 Å². The standard InChI is InChI=1S/C24H27N3O4S/c1-31-18-11-9-17(10-12-18)22(16-7-8-16)26-21(29)15-32-24-25-20-6-3-2-5-19(20)23(30)27(24)13-4-14-28/h2-3,5-6,9-12,16,22,28H,4,7-8,13-15H2,1H3,(H,26,29). The molecule has 2 aromatic carbocycles. The van der Waals surface area contributed by atoms with Crippen LogP contribution in [0.25, 0.3) is 10.9 Å². The highest BCUT2D eigenvalue weighted by Gasteiger charge is 2.33. The van der Waals surface area contributed by atoms with E-state index in [0.29, 0.717) is 34.9 Å². The van der Waals surface area contributed by atoms with Crippen molar-refractivity contribution in [2.45, 2.75) is 37.0 Å². The molecule has 1 atom stereocenters. The smallest absolute Gasteiger partial charge is 0.262 e. The molecule has 168 valence electrons. The van der Waals surface area contributed by atoms with Crippen molar-refractivity contribution in [3.8, 4) is 5.75 Å². The van der Waals surface area contributed by atoms with Crippen molar-refractivity contribution in [1.29, 1.82) is 0 Å². The van der Waals surface area contributed by atoms with Crippen molar-refractivity contribution < 1.29 is 14.6 Å². The van der Waals surface area contributed by atoms with Crippen LogP contribution < -0.4 is 15.6 Å². The summed E-state index contributed by atoms with van der Waals surface area (Å²) in [5.74, 6) is 1.29. The molecule has 0 bridgehead atoms. The number of rotatable bonds is 10. The van der Waals surface area contributed by atoms with Crippen LogP contribution >= 0.6 is 11.8 Å². The summed E-state index contributed by atoms with van der Waals surface area (Å²) in [6, 6.07) is 15.0. The van der Waals surface area contributed by atoms with Crippen molar-refractivity contribution >= 4 is 28.6 Å². The number of amides is 1. The van der Waals surface area contributed by atoms with Crippen LogP contribution in [-0.2, 0) is 11.3 Å². The van der Waals surface area contributed by atoms with Crippen LogP contribution in [0.4, 0.5) is 0 Å². The fraction of sp³-hybridized carbons (Fsp3) is 0.375. The number of hydrogen-bond donors (Lipinski definition) is 2. The Hall–Kier alpha value is -2.84. The van der Waals surface area contributed by atoms with Crippen LogP contribution in [0, 0.1) is 5.92 Å². The van der Waals surface area contributed by atoms with Crippen LogP contribution in [0.15, 0.2) is 58.5 Å². The molecule has 1 aromatic heterocycles. The lowest BCUT2D eigenvalue weighted by Crippen LogP contribution is -2.31. The molecule has 3 aromatic rings. The Balaban J connectivity index is 1.49. The molecule has 1 saturated carbocycles. The first kappa shape index (κ1) is 22.4. The van der Waals surface area contributed by atoms with Crippen molar-refractivity contribution in [2.24, 2.45) is 5.92 Å². The normalized spacial score (nSPS) is 14.3. The molecule has 0 spiro atoms. The van der Waals surface area contributed by atoms with E-state index in [-0.39, 0.29) is 29.9 Å². The fourth-order valence-electron chi connectivity index (χ4n) is 3.74. The number of aliphatic hydroxyl groups is 1. The first-order valence-electron chi connectivity index (χ1n) is 10.8. The van der Waals surface area contributed by atoms with Crippen molar-refractivity contribution in [3.63, 3.8) is 0 Å². The molecule has 8 heteroatoms. The predicted octanol–water partition coefficient (Wildman–Crippen LogP) is 3.15. The number of methoxy groups -OCH3 is 1. The monoisotopic (exact) mass is 453 g/mol. The summed E-state index contributed by atoms with van der Waals surface area (Å²) in [4.78, 5) is 30.4. The molecule has 0 radical (unpaired) electrons. The van der Waals surface area contributed by atoms with Gasteiger partial charge in [-0.15, -0.1) is 0 Å². The lowest BCUT2D eigenvalue weighted by atomic mass is 10.0. The number of fused-ring (bicyclic) bond motifs is 1. The van der Waals surface area contributed by atoms with E-state index in [1.54, 1.807) is 29.9 Å². The number of para-hydroxylation sites is 1. The van der Waals surface area contributed by atoms with Gasteiger partial charge in [0.25, 0.3) is 5.56 Å². The number of carbonyl (C=O) groups excluding carboxylic acids is 1. The highest BCUT2D eigenvalue weighted by Crippen LogP contribution is 2.41. The summed E-state index contributed by atoms with van der Waals surface area (Å²) in [5.41, 5.74) is 1.52. The van der Waals surface area contributed by atoms with Gasteiger partial charge in [0.05, 0.1) is 29.8 Å². The van der Waals surface area contributed by atoms with Crippen LogP contribution in [0.2, 0.25) is 0 Å². The Morgan fingerprint density at radius 3 is 2.69 bits per heavy atom. The van der Waals surface area contributed by atoms with Crippen LogP contribution in [0.1, 0.15) is 30.9 Å². The number of nitrogens with one attached hydrogen (secondary N) is 1. The van der Waals surface area contributed by atoms with E-state index in [1.807, 2.05) is 30.3 Å². The predicted molar refractivity (Wildman–Crippen MR) is 125 cm³/mol. The van der Waals surface area contributed by atoms with Gasteiger partial charge in [-0.25, -0.2) is 4.98 Å². The molecule has 1 aliphatic rings. The summed E-state index contributed by atoms with van der Waals surface area (Å²) in [6.07, 6.45) is 2.63. The molecular weight excluding hydrogens is 426 g/mol. The molecule has 2 N–H and O–H groups in total. The third-order valence-electron chi connectivity index (χ3n) is 5.58. The molecule has 7 nitrogen and oxygen atoms in total. The lowest BCUT2D eigenvalue weighted by molar-refractivity contribution is -0.119. The molecule has 0 aliphatic heterocycles. The Kier molecular flexibility index (Phi) is 7.12. The zero-order valence-corrected chi connectivity index (χ0v) is 18.8. The number of aliphatic hydroxyl groups excluding tert-OH is 1. The average Bonchev–Trinajstić information content (AvgIpc) is 3.66. The third-order valence-corrected chi connectivity index (χ3v) is 6.56. The molecule has 1 amide bonds. The molecule has 1 heterocycles. The van der Waals surface area contributed by atoms with Gasteiger partial charge in [0.1, 0.15) is 5.75 Å². The minimum Gasteiger partial charge on any atom is -0.497 e. The van der Waals surface area contributed by atoms with Gasteiger partial charge < -0.3 is 15.2 Å². The largest absolute Gasteiger partial charge is 0.497 e. The second-order valence-corrected chi connectivity index (χ2v) is 8.83. The van der Waals surface area contributed by atoms with E-state index in [2.05, 4.69) is 10.3 Å². The zero-order valence-electron chi connectivity index (χ0n) is 18.0. The maximum Gasteiger partial charge on any atom is 0.262 e. The van der Waals surface area contributed by atoms with E-state index >= 15 is 0 Å². The zero-order chi connectivity index (χ0) is 22.5. The van der Waals surface area contributed by atoms with Crippen LogP contribution in [-0.4, -0.2) is 40.0 Å². The van der Waals surface area contributed by atoms with E-state index in [0.717, 1.165) is 24.2 Å². The minimum absolute atomic E-state index is 0.0191. The van der Waals surface area contributed by atoms with Gasteiger partial charge >= 0.3 is 0 Å². The van der Waals surface area contributed by atoms with Crippen molar-refractivity contribution in [3.05, 3.63) is 64.4 Å². The highest BCUT2D eigenvalue weighted by atomic mass is 32.2. The summed E-state index contributed by atoms with van der Waals surface area (Å²) in [5, 5.41) is 13.4. The Labute approximate surface area is 190 Å². The molecule has 1 fully saturated rings. The van der Waals surface area contributed by atoms with Gasteiger partial charge in [-0.05, 0) is 55.0 Å². The molecule has 32 heavy (non-hydrogen) atoms. The summed E-state index contributed by atoms with van der Waals surface area (Å²) >= 11 is 1.25. The molecule has 4 rings (SSSR count). The summed E-state index contributed by atoms with van der Waals surface area (Å²) < 4.78 is 6.79. The number of aromatic nitrogens is 2. The van der Waals surface area contributed by atoms with Gasteiger partial charge in [0, 0.05) is 13.2 Å². The maximum absolute atomic E-state index is 12.9. The third kappa shape index (κ3) is 5.14. The second kappa shape index (κ2) is 10.2. The summed E-state index contributed by atoms with van der Waals surface area (Å²) in [7, 11) is 1.63. The van der Waals surface area contributed by atoms with Gasteiger partial charge in [0.15, 0.2) is 5.16 Å². The number of benzene rings is 2. The number of carbonyl (C=O) groups is 1. The van der Waals surface area contributed by atoms with E-state index in [4.69, 9.17) is 4.74 Å². The quantitative estimate of drug-likeness (QED) is 0.362. The highest BCUT2D eigenvalue weighted by molar-refractivity contribution is 7.99. The molecule has 1 unspecified atom stereocenters. The van der Waals surface area contributed by atoms with Gasteiger partial charge in [-0.2, -0.15) is 0 Å². The molecular formula is C24H27N3O4S. The topological polar surface area (TPSA) is 93.5 Å². The second-order valence-electron chi connectivity index (χ2n) is 7.89. The Morgan fingerprint density at radius 1 is 1.25 bits per heavy atom. The Morgan fingerprint density at radius 2 is 2.00 bits per heavy atom. The average molecular weight is 454 g/mol. The lowest BCUT2D eigenvalue weighted by Gasteiger charge is -2.19. The Bertz CT molecular complexity index is 1140. The number of hydrogen-bond acceptors (Lipinski definition) is 6. The SMILES string of the molecule is COc1ccc(C(NC(=O)CSc2nc3ccccc3c(=O)n2CCCO)C2CC2)cc1. The molecule has 1 aliphatic carbocycles. The maximum atomic E-state index is 12.9. The number of nitrogens with zero attached hydrogens (tertiary/aromatic N) is 2. The first-order chi connectivity index (χ1) is 15.6. The summed E-state index contributed by atoms with van der Waals surface area (Å²) in [6.45, 7) is 0.336. The van der Waals surface area contributed by atoms with E-state index in [1.165, 1.54) is 11.8 Å². The van der Waals surface area contributed by atoms with E-state index < -0.39 is 0 Å². The van der Waals surface area contributed by atoms with Crippen LogP contribution in [0.3, 0.4) is 0 Å². The number of ether oxygens (including phenoxy) is 1. The molecule has 0 saturated heterocycles. The van der Waals surface area contributed by atoms with Crippen LogP contribution in [0.5, 0.6) is 5.75 Å². The van der Waals surface area contributed by atoms with Crippen molar-refractivity contribution in [1.82, 2.24) is 14.9 Å². The first-order valence-corrected chi connectivity index (χ1v) is 11.8. The number of thioether (sulfide) groups is 1. The van der Waals surface area contributed by atoms with E-state index in [9.17, 15) is 14.7 Å². The van der Waals surface area contributed by atoms with Gasteiger partial charge in [0.2, 0.25) is 5.91 Å². The van der Waals surface area contributed by atoms with Gasteiger partial charge in [-0.3, -0.25) is 14.2 Å². The fourth-order valence-corrected chi connectivity index (χ4v) is 4.58. The minimum atomic E-state index is -0.152.